The van der Waals surface area contributed by atoms with Crippen molar-refractivity contribution >= 4 is 21.6 Å². The standard InChI is InChI=1S/C22H19ClFN5O3S/c1-13-16(23)7-5-9-19(13)33(30,31)29-11-10-18-15(12-29)20(27-28(18)2)22-26-25-21(32-22)14-6-3-4-8-17(14)24/h3-9H,10-12H2,1-2H3. The maximum absolute atomic E-state index is 14.1. The summed E-state index contributed by atoms with van der Waals surface area (Å²) in [5, 5.41) is 12.9. The van der Waals surface area contributed by atoms with E-state index in [4.69, 9.17) is 16.0 Å². The van der Waals surface area contributed by atoms with Gasteiger partial charge in [0.05, 0.1) is 10.5 Å². The van der Waals surface area contributed by atoms with Crippen LogP contribution in [0.5, 0.6) is 0 Å². The number of halogens is 2. The first kappa shape index (κ1) is 21.7. The van der Waals surface area contributed by atoms with Crippen LogP contribution in [0, 0.1) is 12.7 Å². The number of nitrogens with zero attached hydrogens (tertiary/aromatic N) is 5. The molecule has 33 heavy (non-hydrogen) atoms. The van der Waals surface area contributed by atoms with E-state index in [1.807, 2.05) is 0 Å². The highest BCUT2D eigenvalue weighted by Gasteiger charge is 2.34. The number of aryl methyl sites for hydroxylation is 1. The average Bonchev–Trinajstić information content (AvgIpc) is 3.40. The van der Waals surface area contributed by atoms with E-state index in [9.17, 15) is 12.8 Å². The number of hydrogen-bond acceptors (Lipinski definition) is 6. The van der Waals surface area contributed by atoms with Crippen molar-refractivity contribution in [2.24, 2.45) is 7.05 Å². The lowest BCUT2D eigenvalue weighted by atomic mass is 10.1. The first-order valence-corrected chi connectivity index (χ1v) is 12.0. The Morgan fingerprint density at radius 1 is 1.09 bits per heavy atom. The molecular formula is C22H19ClFN5O3S. The van der Waals surface area contributed by atoms with Crippen LogP contribution in [0.4, 0.5) is 4.39 Å². The summed E-state index contributed by atoms with van der Waals surface area (Å²) in [7, 11) is -2.02. The molecule has 0 spiro atoms. The van der Waals surface area contributed by atoms with Crippen LogP contribution in [0.3, 0.4) is 0 Å². The molecule has 1 aliphatic rings. The fourth-order valence-corrected chi connectivity index (χ4v) is 5.90. The van der Waals surface area contributed by atoms with Crippen LogP contribution < -0.4 is 0 Å². The quantitative estimate of drug-likeness (QED) is 0.432. The summed E-state index contributed by atoms with van der Waals surface area (Å²) in [5.41, 5.74) is 2.62. The van der Waals surface area contributed by atoms with E-state index < -0.39 is 15.8 Å². The molecule has 1 aliphatic heterocycles. The van der Waals surface area contributed by atoms with Crippen molar-refractivity contribution in [3.05, 3.63) is 70.1 Å². The van der Waals surface area contributed by atoms with Gasteiger partial charge in [0.2, 0.25) is 10.0 Å². The summed E-state index contributed by atoms with van der Waals surface area (Å²) in [5.74, 6) is -0.356. The summed E-state index contributed by atoms with van der Waals surface area (Å²) in [4.78, 5) is 0.170. The minimum absolute atomic E-state index is 0.0253. The molecule has 2 aromatic heterocycles. The predicted octanol–water partition coefficient (Wildman–Crippen LogP) is 3.99. The van der Waals surface area contributed by atoms with Crippen LogP contribution in [0.2, 0.25) is 5.02 Å². The molecule has 0 N–H and O–H groups in total. The van der Waals surface area contributed by atoms with E-state index in [-0.39, 0.29) is 28.8 Å². The molecule has 4 aromatic rings. The monoisotopic (exact) mass is 487 g/mol. The Morgan fingerprint density at radius 2 is 1.85 bits per heavy atom. The van der Waals surface area contributed by atoms with Crippen LogP contribution in [-0.4, -0.2) is 39.2 Å². The van der Waals surface area contributed by atoms with Gasteiger partial charge in [0.25, 0.3) is 11.8 Å². The molecule has 0 aliphatic carbocycles. The molecule has 170 valence electrons. The lowest BCUT2D eigenvalue weighted by molar-refractivity contribution is 0.385. The number of sulfonamides is 1. The van der Waals surface area contributed by atoms with E-state index in [0.717, 1.165) is 5.69 Å². The Kier molecular flexibility index (Phi) is 5.31. The Hall–Kier alpha value is -3.08. The van der Waals surface area contributed by atoms with Crippen molar-refractivity contribution < 1.29 is 17.2 Å². The van der Waals surface area contributed by atoms with Crippen molar-refractivity contribution in [1.29, 1.82) is 0 Å². The fourth-order valence-electron chi connectivity index (χ4n) is 4.01. The van der Waals surface area contributed by atoms with Gasteiger partial charge >= 0.3 is 0 Å². The molecule has 0 saturated heterocycles. The number of hydrogen-bond donors (Lipinski definition) is 0. The second-order valence-corrected chi connectivity index (χ2v) is 10.1. The van der Waals surface area contributed by atoms with E-state index in [0.29, 0.717) is 34.8 Å². The van der Waals surface area contributed by atoms with E-state index >= 15 is 0 Å². The molecule has 0 radical (unpaired) electrons. The summed E-state index contributed by atoms with van der Waals surface area (Å²) >= 11 is 6.16. The molecule has 0 fully saturated rings. The normalized spacial score (nSPS) is 14.4. The van der Waals surface area contributed by atoms with Crippen molar-refractivity contribution in [2.75, 3.05) is 6.54 Å². The maximum atomic E-state index is 14.1. The van der Waals surface area contributed by atoms with Gasteiger partial charge in [-0.3, -0.25) is 4.68 Å². The second kappa shape index (κ2) is 8.05. The molecule has 0 bridgehead atoms. The Bertz CT molecular complexity index is 1480. The largest absolute Gasteiger partial charge is 0.414 e. The van der Waals surface area contributed by atoms with Crippen LogP contribution in [0.1, 0.15) is 16.8 Å². The minimum atomic E-state index is -3.80. The van der Waals surface area contributed by atoms with Gasteiger partial charge in [-0.25, -0.2) is 12.8 Å². The van der Waals surface area contributed by atoms with Crippen LogP contribution in [0.25, 0.3) is 23.0 Å². The second-order valence-electron chi connectivity index (χ2n) is 7.74. The van der Waals surface area contributed by atoms with Gasteiger partial charge in [0.15, 0.2) is 5.69 Å². The van der Waals surface area contributed by atoms with Crippen molar-refractivity contribution in [3.63, 3.8) is 0 Å². The summed E-state index contributed by atoms with van der Waals surface area (Å²) in [6.45, 7) is 2.07. The van der Waals surface area contributed by atoms with Gasteiger partial charge < -0.3 is 4.42 Å². The Balaban J connectivity index is 1.53. The number of aromatic nitrogens is 4. The van der Waals surface area contributed by atoms with Crippen LogP contribution >= 0.6 is 11.6 Å². The lowest BCUT2D eigenvalue weighted by Gasteiger charge is -2.27. The number of benzene rings is 2. The van der Waals surface area contributed by atoms with E-state index in [2.05, 4.69) is 15.3 Å². The Labute approximate surface area is 194 Å². The molecular weight excluding hydrogens is 469 g/mol. The number of rotatable bonds is 4. The third-order valence-corrected chi connectivity index (χ3v) is 8.17. The average molecular weight is 488 g/mol. The van der Waals surface area contributed by atoms with Gasteiger partial charge in [0, 0.05) is 42.8 Å². The minimum Gasteiger partial charge on any atom is -0.414 e. The highest BCUT2D eigenvalue weighted by molar-refractivity contribution is 7.89. The molecule has 2 aromatic carbocycles. The summed E-state index contributed by atoms with van der Waals surface area (Å²) < 4.78 is 49.8. The molecule has 0 saturated carbocycles. The van der Waals surface area contributed by atoms with Crippen molar-refractivity contribution in [1.82, 2.24) is 24.3 Å². The first-order valence-electron chi connectivity index (χ1n) is 10.2. The van der Waals surface area contributed by atoms with E-state index in [1.165, 1.54) is 10.4 Å². The fraction of sp³-hybridized carbons (Fsp3) is 0.227. The molecule has 0 atom stereocenters. The summed E-state index contributed by atoms with van der Waals surface area (Å²) in [6, 6.07) is 10.9. The Morgan fingerprint density at radius 3 is 2.64 bits per heavy atom. The third kappa shape index (κ3) is 3.64. The molecule has 0 amide bonds. The molecule has 5 rings (SSSR count). The van der Waals surface area contributed by atoms with Gasteiger partial charge in [0.1, 0.15) is 5.82 Å². The lowest BCUT2D eigenvalue weighted by Crippen LogP contribution is -2.36. The molecule has 3 heterocycles. The van der Waals surface area contributed by atoms with Gasteiger partial charge in [-0.1, -0.05) is 29.8 Å². The van der Waals surface area contributed by atoms with Crippen LogP contribution in [-0.2, 0) is 30.0 Å². The first-order chi connectivity index (χ1) is 15.8. The molecule has 0 unspecified atom stereocenters. The maximum Gasteiger partial charge on any atom is 0.268 e. The highest BCUT2D eigenvalue weighted by atomic mass is 35.5. The zero-order chi connectivity index (χ0) is 23.3. The zero-order valence-corrected chi connectivity index (χ0v) is 19.4. The third-order valence-electron chi connectivity index (χ3n) is 5.77. The van der Waals surface area contributed by atoms with Crippen LogP contribution in [0.15, 0.2) is 51.8 Å². The van der Waals surface area contributed by atoms with Gasteiger partial charge in [-0.15, -0.1) is 10.2 Å². The zero-order valence-electron chi connectivity index (χ0n) is 17.8. The van der Waals surface area contributed by atoms with E-state index in [1.54, 1.807) is 55.1 Å². The molecule has 11 heteroatoms. The van der Waals surface area contributed by atoms with Crippen molar-refractivity contribution in [2.45, 2.75) is 24.8 Å². The predicted molar refractivity (Wildman–Crippen MR) is 119 cm³/mol. The van der Waals surface area contributed by atoms with Gasteiger partial charge in [-0.2, -0.15) is 9.40 Å². The number of fused-ring (bicyclic) bond motifs is 1. The van der Waals surface area contributed by atoms with Gasteiger partial charge in [-0.05, 0) is 36.8 Å². The highest BCUT2D eigenvalue weighted by Crippen LogP contribution is 2.34. The SMILES string of the molecule is Cc1c(Cl)cccc1S(=O)(=O)N1CCc2c(c(-c3nnc(-c4ccccc4F)o3)nn2C)C1. The topological polar surface area (TPSA) is 94.1 Å². The summed E-state index contributed by atoms with van der Waals surface area (Å²) in [6.07, 6.45) is 0.464. The van der Waals surface area contributed by atoms with Crippen molar-refractivity contribution in [3.8, 4) is 23.0 Å². The smallest absolute Gasteiger partial charge is 0.268 e. The molecule has 8 nitrogen and oxygen atoms in total.